The van der Waals surface area contributed by atoms with E-state index in [1.54, 1.807) is 0 Å². The van der Waals surface area contributed by atoms with Crippen molar-refractivity contribution in [3.05, 3.63) is 0 Å². The van der Waals surface area contributed by atoms with Gasteiger partial charge in [-0.1, -0.05) is 33.1 Å². The first-order valence-corrected chi connectivity index (χ1v) is 7.16. The van der Waals surface area contributed by atoms with Crippen LogP contribution in [0.25, 0.3) is 0 Å². The van der Waals surface area contributed by atoms with Crippen molar-refractivity contribution < 1.29 is 9.59 Å². The highest BCUT2D eigenvalue weighted by molar-refractivity contribution is 6.07. The van der Waals surface area contributed by atoms with Crippen LogP contribution < -0.4 is 0 Å². The minimum Gasteiger partial charge on any atom is -0.274 e. The van der Waals surface area contributed by atoms with Gasteiger partial charge in [-0.2, -0.15) is 5.26 Å². The van der Waals surface area contributed by atoms with Gasteiger partial charge < -0.3 is 0 Å². The van der Waals surface area contributed by atoms with Crippen molar-refractivity contribution in [3.8, 4) is 6.07 Å². The number of carbonyl (C=O) groups excluding carboxylic acids is 2. The second kappa shape index (κ2) is 4.63. The van der Waals surface area contributed by atoms with E-state index in [1.807, 2.05) is 20.8 Å². The van der Waals surface area contributed by atoms with Gasteiger partial charge in [-0.3, -0.25) is 14.5 Å². The Bertz CT molecular complexity index is 444. The van der Waals surface area contributed by atoms with E-state index >= 15 is 0 Å². The smallest absolute Gasteiger partial charge is 0.237 e. The molecule has 1 heterocycles. The Morgan fingerprint density at radius 3 is 2.21 bits per heavy atom. The molecule has 2 fully saturated rings. The quantitative estimate of drug-likeness (QED) is 0.719. The van der Waals surface area contributed by atoms with E-state index in [1.165, 1.54) is 4.90 Å². The summed E-state index contributed by atoms with van der Waals surface area (Å²) in [6.45, 7) is 5.79. The van der Waals surface area contributed by atoms with Crippen LogP contribution in [0.3, 0.4) is 0 Å². The van der Waals surface area contributed by atoms with Gasteiger partial charge in [-0.15, -0.1) is 0 Å². The molecule has 0 aromatic rings. The number of imide groups is 1. The number of hydrogen-bond donors (Lipinski definition) is 0. The second-order valence-corrected chi connectivity index (χ2v) is 6.49. The molecule has 0 bridgehead atoms. The number of nitriles is 1. The van der Waals surface area contributed by atoms with Crippen LogP contribution >= 0.6 is 0 Å². The lowest BCUT2D eigenvalue weighted by molar-refractivity contribution is -0.148. The zero-order valence-corrected chi connectivity index (χ0v) is 12.0. The van der Waals surface area contributed by atoms with Gasteiger partial charge in [0.2, 0.25) is 11.8 Å². The lowest BCUT2D eigenvalue weighted by atomic mass is 9.77. The van der Waals surface area contributed by atoms with Gasteiger partial charge in [0.05, 0.1) is 11.5 Å². The first kappa shape index (κ1) is 14.0. The van der Waals surface area contributed by atoms with Crippen LogP contribution in [0, 0.1) is 22.7 Å². The molecule has 0 aromatic heterocycles. The predicted octanol–water partition coefficient (Wildman–Crippen LogP) is 2.63. The fraction of sp³-hybridized carbons (Fsp3) is 0.800. The van der Waals surface area contributed by atoms with Crippen LogP contribution in [0.1, 0.15) is 59.3 Å². The Balaban J connectivity index is 2.37. The summed E-state index contributed by atoms with van der Waals surface area (Å²) >= 11 is 0. The molecule has 1 aliphatic carbocycles. The summed E-state index contributed by atoms with van der Waals surface area (Å²) in [6, 6.07) is 2.28. The Morgan fingerprint density at radius 1 is 1.21 bits per heavy atom. The largest absolute Gasteiger partial charge is 0.274 e. The lowest BCUT2D eigenvalue weighted by Crippen LogP contribution is -2.53. The number of hydrogen-bond acceptors (Lipinski definition) is 3. The maximum atomic E-state index is 12.7. The molecule has 4 heteroatoms. The Morgan fingerprint density at radius 2 is 1.79 bits per heavy atom. The summed E-state index contributed by atoms with van der Waals surface area (Å²) in [6.07, 6.45) is 4.43. The minimum absolute atomic E-state index is 0.105. The molecule has 0 aromatic carbocycles. The zero-order chi connectivity index (χ0) is 14.3. The van der Waals surface area contributed by atoms with Crippen molar-refractivity contribution in [3.63, 3.8) is 0 Å². The van der Waals surface area contributed by atoms with Crippen LogP contribution in [-0.2, 0) is 9.59 Å². The Hall–Kier alpha value is -1.37. The summed E-state index contributed by atoms with van der Waals surface area (Å²) < 4.78 is 0. The van der Waals surface area contributed by atoms with Crippen molar-refractivity contribution in [2.45, 2.75) is 64.8 Å². The van der Waals surface area contributed by atoms with Gasteiger partial charge in [0.15, 0.2) is 0 Å². The maximum absolute atomic E-state index is 12.7. The molecule has 2 amide bonds. The molecule has 1 saturated heterocycles. The van der Waals surface area contributed by atoms with Crippen LogP contribution in [0.15, 0.2) is 0 Å². The standard InChI is InChI=1S/C15H22N2O2/c1-11(2)14(3)9-12(18)17(13(14)19)15(10-16)7-5-4-6-8-15/h11H,4-9H2,1-3H3. The summed E-state index contributed by atoms with van der Waals surface area (Å²) in [5.74, 6) is -0.200. The van der Waals surface area contributed by atoms with Gasteiger partial charge in [-0.25, -0.2) is 0 Å². The van der Waals surface area contributed by atoms with Crippen molar-refractivity contribution in [1.82, 2.24) is 4.90 Å². The zero-order valence-electron chi connectivity index (χ0n) is 12.0. The molecular weight excluding hydrogens is 240 g/mol. The highest BCUT2D eigenvalue weighted by Gasteiger charge is 2.57. The van der Waals surface area contributed by atoms with E-state index in [2.05, 4.69) is 6.07 Å². The third kappa shape index (κ3) is 1.96. The van der Waals surface area contributed by atoms with E-state index < -0.39 is 11.0 Å². The molecule has 0 spiro atoms. The van der Waals surface area contributed by atoms with Gasteiger partial charge in [0.25, 0.3) is 0 Å². The highest BCUT2D eigenvalue weighted by atomic mass is 16.2. The van der Waals surface area contributed by atoms with Crippen LogP contribution in [0.4, 0.5) is 0 Å². The van der Waals surface area contributed by atoms with Crippen molar-refractivity contribution in [2.75, 3.05) is 0 Å². The van der Waals surface area contributed by atoms with E-state index in [9.17, 15) is 14.9 Å². The van der Waals surface area contributed by atoms with Gasteiger partial charge in [-0.05, 0) is 25.7 Å². The van der Waals surface area contributed by atoms with E-state index in [0.717, 1.165) is 19.3 Å². The van der Waals surface area contributed by atoms with Gasteiger partial charge >= 0.3 is 0 Å². The van der Waals surface area contributed by atoms with E-state index in [0.29, 0.717) is 12.8 Å². The van der Waals surface area contributed by atoms with Crippen molar-refractivity contribution in [2.24, 2.45) is 11.3 Å². The third-order valence-corrected chi connectivity index (χ3v) is 5.05. The molecule has 1 atom stereocenters. The summed E-state index contributed by atoms with van der Waals surface area (Å²) in [7, 11) is 0. The molecular formula is C15H22N2O2. The van der Waals surface area contributed by atoms with E-state index in [-0.39, 0.29) is 24.2 Å². The normalized spacial score (nSPS) is 30.8. The average molecular weight is 262 g/mol. The lowest BCUT2D eigenvalue weighted by Gasteiger charge is -2.38. The van der Waals surface area contributed by atoms with Crippen LogP contribution in [0.2, 0.25) is 0 Å². The molecule has 4 nitrogen and oxygen atoms in total. The summed E-state index contributed by atoms with van der Waals surface area (Å²) in [5.41, 5.74) is -1.52. The van der Waals surface area contributed by atoms with Gasteiger partial charge in [0.1, 0.15) is 5.54 Å². The first-order chi connectivity index (χ1) is 8.87. The predicted molar refractivity (Wildman–Crippen MR) is 70.8 cm³/mol. The number of carbonyl (C=O) groups is 2. The van der Waals surface area contributed by atoms with Gasteiger partial charge in [0, 0.05) is 6.42 Å². The molecule has 0 N–H and O–H groups in total. The molecule has 1 aliphatic heterocycles. The van der Waals surface area contributed by atoms with Crippen LogP contribution in [-0.4, -0.2) is 22.3 Å². The molecule has 2 aliphatic rings. The highest BCUT2D eigenvalue weighted by Crippen LogP contribution is 2.45. The molecule has 19 heavy (non-hydrogen) atoms. The monoisotopic (exact) mass is 262 g/mol. The minimum atomic E-state index is -0.876. The average Bonchev–Trinajstić information content (AvgIpc) is 2.62. The molecule has 1 unspecified atom stereocenters. The fourth-order valence-corrected chi connectivity index (χ4v) is 3.24. The van der Waals surface area contributed by atoms with E-state index in [4.69, 9.17) is 0 Å². The fourth-order valence-electron chi connectivity index (χ4n) is 3.24. The number of rotatable bonds is 2. The summed E-state index contributed by atoms with van der Waals surface area (Å²) in [4.78, 5) is 26.3. The van der Waals surface area contributed by atoms with Crippen molar-refractivity contribution >= 4 is 11.8 Å². The first-order valence-electron chi connectivity index (χ1n) is 7.16. The number of amides is 2. The van der Waals surface area contributed by atoms with Crippen LogP contribution in [0.5, 0.6) is 0 Å². The number of nitrogens with zero attached hydrogens (tertiary/aromatic N) is 2. The topological polar surface area (TPSA) is 61.2 Å². The second-order valence-electron chi connectivity index (χ2n) is 6.49. The summed E-state index contributed by atoms with van der Waals surface area (Å²) in [5, 5.41) is 9.55. The molecule has 1 saturated carbocycles. The Kier molecular flexibility index (Phi) is 3.42. The maximum Gasteiger partial charge on any atom is 0.237 e. The Labute approximate surface area is 114 Å². The molecule has 104 valence electrons. The van der Waals surface area contributed by atoms with Crippen molar-refractivity contribution in [1.29, 1.82) is 5.26 Å². The third-order valence-electron chi connectivity index (χ3n) is 5.05. The SMILES string of the molecule is CC(C)C1(C)CC(=O)N(C2(C#N)CCCCC2)C1=O. The number of likely N-dealkylation sites (tertiary alicyclic amines) is 1. The molecule has 2 rings (SSSR count). The molecule has 0 radical (unpaired) electrons.